The fourth-order valence-corrected chi connectivity index (χ4v) is 1.35. The Labute approximate surface area is 83.8 Å². The van der Waals surface area contributed by atoms with E-state index in [1.807, 2.05) is 6.92 Å². The molecule has 0 aliphatic rings. The van der Waals surface area contributed by atoms with Gasteiger partial charge in [0.2, 0.25) is 5.91 Å². The first-order valence-corrected chi connectivity index (χ1v) is 5.22. The summed E-state index contributed by atoms with van der Waals surface area (Å²) in [6.45, 7) is 3.19. The van der Waals surface area contributed by atoms with Gasteiger partial charge in [0.1, 0.15) is 0 Å². The zero-order valence-electron chi connectivity index (χ0n) is 7.35. The van der Waals surface area contributed by atoms with Crippen LogP contribution < -0.4 is 0 Å². The van der Waals surface area contributed by atoms with Gasteiger partial charge >= 0.3 is 0 Å². The molecule has 0 heterocycles. The fourth-order valence-electron chi connectivity index (χ4n) is 0.937. The van der Waals surface area contributed by atoms with Crippen molar-refractivity contribution in [2.24, 2.45) is 0 Å². The molecule has 0 aromatic heterocycles. The molecule has 0 radical (unpaired) electrons. The number of amides is 1. The lowest BCUT2D eigenvalue weighted by atomic mass is 10.3. The normalized spacial score (nSPS) is 9.92. The number of carbonyl (C=O) groups excluding carboxylic acids is 1. The summed E-state index contributed by atoms with van der Waals surface area (Å²) in [6.07, 6.45) is 1.47. The molecule has 0 N–H and O–H groups in total. The molecule has 0 aromatic rings. The second-order valence-electron chi connectivity index (χ2n) is 2.51. The number of hydrogen-bond donors (Lipinski definition) is 0. The van der Waals surface area contributed by atoms with Gasteiger partial charge in [-0.25, -0.2) is 0 Å². The van der Waals surface area contributed by atoms with E-state index in [2.05, 4.69) is 0 Å². The van der Waals surface area contributed by atoms with Crippen LogP contribution in [0.4, 0.5) is 0 Å². The molecule has 4 heteroatoms. The molecule has 0 unspecified atom stereocenters. The van der Waals surface area contributed by atoms with E-state index in [4.69, 9.17) is 23.2 Å². The molecule has 0 saturated heterocycles. The molecular formula is C8H15Cl2NO. The van der Waals surface area contributed by atoms with Crippen molar-refractivity contribution in [2.45, 2.75) is 19.8 Å². The second kappa shape index (κ2) is 7.69. The molecule has 0 aromatic carbocycles. The maximum atomic E-state index is 11.3. The molecule has 72 valence electrons. The maximum Gasteiger partial charge on any atom is 0.222 e. The van der Waals surface area contributed by atoms with E-state index in [-0.39, 0.29) is 5.91 Å². The standard InChI is InChI=1S/C8H15Cl2NO/c1-2-3-8(12)11(6-4-9)7-5-10/h2-7H2,1H3. The fraction of sp³-hybridized carbons (Fsp3) is 0.875. The van der Waals surface area contributed by atoms with Gasteiger partial charge in [0, 0.05) is 31.3 Å². The molecular weight excluding hydrogens is 197 g/mol. The molecule has 0 fully saturated rings. The van der Waals surface area contributed by atoms with Crippen molar-refractivity contribution >= 4 is 29.1 Å². The number of halogens is 2. The van der Waals surface area contributed by atoms with Crippen LogP contribution >= 0.6 is 23.2 Å². The van der Waals surface area contributed by atoms with E-state index in [1.165, 1.54) is 0 Å². The Hall–Kier alpha value is 0.0500. The van der Waals surface area contributed by atoms with Crippen LogP contribution in [0.5, 0.6) is 0 Å². The van der Waals surface area contributed by atoms with E-state index >= 15 is 0 Å². The summed E-state index contributed by atoms with van der Waals surface area (Å²) in [7, 11) is 0. The van der Waals surface area contributed by atoms with Gasteiger partial charge in [0.15, 0.2) is 0 Å². The van der Waals surface area contributed by atoms with Crippen LogP contribution in [-0.4, -0.2) is 35.7 Å². The van der Waals surface area contributed by atoms with Crippen molar-refractivity contribution < 1.29 is 4.79 Å². The minimum absolute atomic E-state index is 0.152. The number of alkyl halides is 2. The number of hydrogen-bond acceptors (Lipinski definition) is 1. The van der Waals surface area contributed by atoms with Gasteiger partial charge in [0.25, 0.3) is 0 Å². The molecule has 0 atom stereocenters. The van der Waals surface area contributed by atoms with Gasteiger partial charge in [-0.2, -0.15) is 0 Å². The quantitative estimate of drug-likeness (QED) is 0.617. The minimum atomic E-state index is 0.152. The van der Waals surface area contributed by atoms with Crippen LogP contribution in [0.15, 0.2) is 0 Å². The average Bonchev–Trinajstić information content (AvgIpc) is 2.04. The molecule has 0 saturated carbocycles. The van der Waals surface area contributed by atoms with Gasteiger partial charge in [-0.1, -0.05) is 6.92 Å². The molecule has 0 spiro atoms. The second-order valence-corrected chi connectivity index (χ2v) is 3.26. The van der Waals surface area contributed by atoms with E-state index in [0.29, 0.717) is 31.3 Å². The smallest absolute Gasteiger partial charge is 0.222 e. The van der Waals surface area contributed by atoms with E-state index in [0.717, 1.165) is 6.42 Å². The maximum absolute atomic E-state index is 11.3. The van der Waals surface area contributed by atoms with Gasteiger partial charge in [-0.3, -0.25) is 4.79 Å². The molecule has 0 bridgehead atoms. The van der Waals surface area contributed by atoms with Crippen LogP contribution in [-0.2, 0) is 4.79 Å². The minimum Gasteiger partial charge on any atom is -0.340 e. The Morgan fingerprint density at radius 2 is 1.75 bits per heavy atom. The van der Waals surface area contributed by atoms with E-state index < -0.39 is 0 Å². The summed E-state index contributed by atoms with van der Waals surface area (Å²) in [6, 6.07) is 0. The van der Waals surface area contributed by atoms with Crippen molar-refractivity contribution in [1.82, 2.24) is 4.90 Å². The van der Waals surface area contributed by atoms with Gasteiger partial charge < -0.3 is 4.90 Å². The molecule has 1 amide bonds. The summed E-state index contributed by atoms with van der Waals surface area (Å²) in [4.78, 5) is 13.0. The van der Waals surface area contributed by atoms with E-state index in [1.54, 1.807) is 4.90 Å². The Kier molecular flexibility index (Phi) is 7.72. The zero-order chi connectivity index (χ0) is 9.40. The van der Waals surface area contributed by atoms with Crippen molar-refractivity contribution in [2.75, 3.05) is 24.8 Å². The highest BCUT2D eigenvalue weighted by molar-refractivity contribution is 6.18. The first kappa shape index (κ1) is 12.0. The van der Waals surface area contributed by atoms with Crippen molar-refractivity contribution in [3.63, 3.8) is 0 Å². The van der Waals surface area contributed by atoms with Crippen LogP contribution in [0.2, 0.25) is 0 Å². The van der Waals surface area contributed by atoms with Gasteiger partial charge in [-0.05, 0) is 6.42 Å². The predicted octanol–water partition coefficient (Wildman–Crippen LogP) is 2.09. The summed E-state index contributed by atoms with van der Waals surface area (Å²) < 4.78 is 0. The highest BCUT2D eigenvalue weighted by Crippen LogP contribution is 1.98. The number of carbonyl (C=O) groups is 1. The first-order valence-electron chi connectivity index (χ1n) is 4.16. The average molecular weight is 212 g/mol. The monoisotopic (exact) mass is 211 g/mol. The Bertz CT molecular complexity index is 124. The predicted molar refractivity (Wildman–Crippen MR) is 52.9 cm³/mol. The third kappa shape index (κ3) is 4.83. The summed E-state index contributed by atoms with van der Waals surface area (Å²) in [5, 5.41) is 0. The molecule has 12 heavy (non-hydrogen) atoms. The number of nitrogens with zero attached hydrogens (tertiary/aromatic N) is 1. The lowest BCUT2D eigenvalue weighted by Crippen LogP contribution is -2.34. The SMILES string of the molecule is CCCC(=O)N(CCCl)CCCl. The Balaban J connectivity index is 3.81. The third-order valence-corrected chi connectivity index (χ3v) is 1.86. The van der Waals surface area contributed by atoms with Gasteiger partial charge in [0.05, 0.1) is 0 Å². The lowest BCUT2D eigenvalue weighted by Gasteiger charge is -2.19. The van der Waals surface area contributed by atoms with Crippen LogP contribution in [0.25, 0.3) is 0 Å². The largest absolute Gasteiger partial charge is 0.340 e. The van der Waals surface area contributed by atoms with Crippen LogP contribution in [0, 0.1) is 0 Å². The Morgan fingerprint density at radius 3 is 2.08 bits per heavy atom. The first-order chi connectivity index (χ1) is 5.76. The topological polar surface area (TPSA) is 20.3 Å². The highest BCUT2D eigenvalue weighted by atomic mass is 35.5. The van der Waals surface area contributed by atoms with Crippen molar-refractivity contribution in [1.29, 1.82) is 0 Å². The lowest BCUT2D eigenvalue weighted by molar-refractivity contribution is -0.130. The summed E-state index contributed by atoms with van der Waals surface area (Å²) >= 11 is 11.1. The van der Waals surface area contributed by atoms with E-state index in [9.17, 15) is 4.79 Å². The van der Waals surface area contributed by atoms with Crippen molar-refractivity contribution in [3.8, 4) is 0 Å². The van der Waals surface area contributed by atoms with Gasteiger partial charge in [-0.15, -0.1) is 23.2 Å². The molecule has 0 aliphatic heterocycles. The zero-order valence-corrected chi connectivity index (χ0v) is 8.87. The summed E-state index contributed by atoms with van der Waals surface area (Å²) in [5.41, 5.74) is 0. The third-order valence-electron chi connectivity index (χ3n) is 1.53. The van der Waals surface area contributed by atoms with Crippen LogP contribution in [0.1, 0.15) is 19.8 Å². The van der Waals surface area contributed by atoms with Crippen LogP contribution in [0.3, 0.4) is 0 Å². The number of rotatable bonds is 6. The van der Waals surface area contributed by atoms with Crippen molar-refractivity contribution in [3.05, 3.63) is 0 Å². The molecule has 0 rings (SSSR count). The summed E-state index contributed by atoms with van der Waals surface area (Å²) in [5.74, 6) is 1.11. The molecule has 0 aliphatic carbocycles. The highest BCUT2D eigenvalue weighted by Gasteiger charge is 2.09. The molecule has 2 nitrogen and oxygen atoms in total. The Morgan fingerprint density at radius 1 is 1.25 bits per heavy atom.